The third-order valence-corrected chi connectivity index (χ3v) is 3.81. The molecule has 0 unspecified atom stereocenters. The number of hydrogen-bond donors (Lipinski definition) is 3. The highest BCUT2D eigenvalue weighted by Crippen LogP contribution is 2.40. The van der Waals surface area contributed by atoms with Gasteiger partial charge in [-0.25, -0.2) is 4.79 Å². The number of hydrogen-bond acceptors (Lipinski definition) is 5. The van der Waals surface area contributed by atoms with Gasteiger partial charge in [-0.15, -0.1) is 0 Å². The fraction of sp³-hybridized carbons (Fsp3) is 0.111. The molecule has 0 amide bonds. The van der Waals surface area contributed by atoms with Crippen LogP contribution in [0.3, 0.4) is 0 Å². The number of aromatic hydroxyl groups is 2. The number of carbonyl (C=O) groups excluding carboxylic acids is 1. The SMILES string of the molecule is O=C1O[C@@H](c2ccc(O)cc2)[C@H](C(=O)O)/C1=C\c1ccc(O)cc1. The number of carboxylic acid groups (broad SMARTS) is 1. The molecule has 6 nitrogen and oxygen atoms in total. The monoisotopic (exact) mass is 326 g/mol. The molecular formula is C18H14O6. The van der Waals surface area contributed by atoms with Crippen LogP contribution < -0.4 is 0 Å². The van der Waals surface area contributed by atoms with Crippen LogP contribution in [0.2, 0.25) is 0 Å². The first kappa shape index (κ1) is 15.6. The Balaban J connectivity index is 2.00. The van der Waals surface area contributed by atoms with Crippen molar-refractivity contribution in [2.24, 2.45) is 5.92 Å². The summed E-state index contributed by atoms with van der Waals surface area (Å²) in [5.74, 6) is -2.92. The standard InChI is InChI=1S/C18H14O6/c19-12-5-1-10(2-6-12)9-14-15(17(21)22)16(24-18(14)23)11-3-7-13(20)8-4-11/h1-9,15-16,19-20H,(H,21,22)/b14-9+/t15-,16+/m1/s1. The summed E-state index contributed by atoms with van der Waals surface area (Å²) in [5, 5.41) is 28.2. The summed E-state index contributed by atoms with van der Waals surface area (Å²) < 4.78 is 5.25. The number of benzene rings is 2. The van der Waals surface area contributed by atoms with Gasteiger partial charge in [0.15, 0.2) is 0 Å². The molecule has 3 rings (SSSR count). The third kappa shape index (κ3) is 2.94. The molecule has 1 saturated heterocycles. The number of phenols is 2. The number of rotatable bonds is 3. The smallest absolute Gasteiger partial charge is 0.335 e. The molecule has 0 aromatic heterocycles. The van der Waals surface area contributed by atoms with Gasteiger partial charge < -0.3 is 20.1 Å². The van der Waals surface area contributed by atoms with Gasteiger partial charge in [0, 0.05) is 0 Å². The second-order valence-electron chi connectivity index (χ2n) is 5.42. The largest absolute Gasteiger partial charge is 0.508 e. The molecule has 2 aromatic rings. The molecular weight excluding hydrogens is 312 g/mol. The first-order valence-corrected chi connectivity index (χ1v) is 7.19. The number of esters is 1. The van der Waals surface area contributed by atoms with Gasteiger partial charge >= 0.3 is 11.9 Å². The number of carbonyl (C=O) groups is 2. The topological polar surface area (TPSA) is 104 Å². The van der Waals surface area contributed by atoms with E-state index in [9.17, 15) is 24.9 Å². The molecule has 1 heterocycles. The molecule has 1 aliphatic rings. The van der Waals surface area contributed by atoms with E-state index < -0.39 is 24.0 Å². The number of phenolic OH excluding ortho intramolecular Hbond substituents is 2. The maximum absolute atomic E-state index is 12.2. The molecule has 0 spiro atoms. The lowest BCUT2D eigenvalue weighted by Crippen LogP contribution is -2.19. The lowest BCUT2D eigenvalue weighted by Gasteiger charge is -2.14. The number of cyclic esters (lactones) is 1. The second-order valence-corrected chi connectivity index (χ2v) is 5.42. The van der Waals surface area contributed by atoms with Crippen molar-refractivity contribution < 1.29 is 29.6 Å². The van der Waals surface area contributed by atoms with Gasteiger partial charge in [0.05, 0.1) is 5.57 Å². The highest BCUT2D eigenvalue weighted by Gasteiger charge is 2.45. The summed E-state index contributed by atoms with van der Waals surface area (Å²) in [4.78, 5) is 23.8. The van der Waals surface area contributed by atoms with Crippen molar-refractivity contribution in [2.75, 3.05) is 0 Å². The maximum Gasteiger partial charge on any atom is 0.335 e. The number of aliphatic carboxylic acids is 1. The fourth-order valence-corrected chi connectivity index (χ4v) is 2.63. The molecule has 24 heavy (non-hydrogen) atoms. The molecule has 0 radical (unpaired) electrons. The van der Waals surface area contributed by atoms with Crippen molar-refractivity contribution in [2.45, 2.75) is 6.10 Å². The molecule has 2 atom stereocenters. The average Bonchev–Trinajstić information content (AvgIpc) is 2.87. The average molecular weight is 326 g/mol. The Morgan fingerprint density at radius 1 is 0.958 bits per heavy atom. The first-order chi connectivity index (χ1) is 11.5. The van der Waals surface area contributed by atoms with Crippen LogP contribution in [0.4, 0.5) is 0 Å². The van der Waals surface area contributed by atoms with E-state index in [1.165, 1.54) is 42.5 Å². The molecule has 1 aliphatic heterocycles. The first-order valence-electron chi connectivity index (χ1n) is 7.19. The highest BCUT2D eigenvalue weighted by molar-refractivity contribution is 6.02. The molecule has 0 saturated carbocycles. The van der Waals surface area contributed by atoms with Gasteiger partial charge in [0.25, 0.3) is 0 Å². The molecule has 3 N–H and O–H groups in total. The van der Waals surface area contributed by atoms with Gasteiger partial charge in [-0.05, 0) is 41.5 Å². The molecule has 0 bridgehead atoms. The highest BCUT2D eigenvalue weighted by atomic mass is 16.6. The van der Waals surface area contributed by atoms with E-state index in [2.05, 4.69) is 0 Å². The number of carboxylic acids is 1. The minimum atomic E-state index is -1.18. The van der Waals surface area contributed by atoms with Gasteiger partial charge in [-0.1, -0.05) is 24.3 Å². The number of ether oxygens (including phenoxy) is 1. The van der Waals surface area contributed by atoms with Crippen molar-refractivity contribution in [3.05, 3.63) is 65.2 Å². The minimum absolute atomic E-state index is 0.0336. The summed E-state index contributed by atoms with van der Waals surface area (Å²) in [6.45, 7) is 0. The zero-order valence-corrected chi connectivity index (χ0v) is 12.4. The van der Waals surface area contributed by atoms with E-state index in [1.54, 1.807) is 12.1 Å². The van der Waals surface area contributed by atoms with Crippen molar-refractivity contribution in [1.29, 1.82) is 0 Å². The van der Waals surface area contributed by atoms with Crippen LogP contribution >= 0.6 is 0 Å². The Bertz CT molecular complexity index is 804. The lowest BCUT2D eigenvalue weighted by molar-refractivity contribution is -0.144. The second kappa shape index (κ2) is 6.08. The zero-order valence-electron chi connectivity index (χ0n) is 12.4. The summed E-state index contributed by atoms with van der Waals surface area (Å²) in [6.07, 6.45) is 0.486. The summed E-state index contributed by atoms with van der Waals surface area (Å²) in [5.41, 5.74) is 1.10. The molecule has 122 valence electrons. The zero-order chi connectivity index (χ0) is 17.3. The van der Waals surface area contributed by atoms with Crippen molar-refractivity contribution >= 4 is 18.0 Å². The normalized spacial score (nSPS) is 21.7. The van der Waals surface area contributed by atoms with Gasteiger partial charge in [0.1, 0.15) is 23.5 Å². The molecule has 1 fully saturated rings. The van der Waals surface area contributed by atoms with Crippen LogP contribution in [0.25, 0.3) is 6.08 Å². The predicted molar refractivity (Wildman–Crippen MR) is 84.1 cm³/mol. The van der Waals surface area contributed by atoms with Crippen LogP contribution in [0.15, 0.2) is 54.1 Å². The third-order valence-electron chi connectivity index (χ3n) is 3.81. The van der Waals surface area contributed by atoms with Crippen molar-refractivity contribution in [1.82, 2.24) is 0 Å². The Hall–Kier alpha value is -3.28. The van der Waals surface area contributed by atoms with Gasteiger partial charge in [0.2, 0.25) is 0 Å². The van der Waals surface area contributed by atoms with Crippen LogP contribution in [0.5, 0.6) is 11.5 Å². The van der Waals surface area contributed by atoms with E-state index in [1.807, 2.05) is 0 Å². The Morgan fingerprint density at radius 2 is 1.50 bits per heavy atom. The minimum Gasteiger partial charge on any atom is -0.508 e. The Kier molecular flexibility index (Phi) is 3.95. The van der Waals surface area contributed by atoms with E-state index in [-0.39, 0.29) is 17.1 Å². The Morgan fingerprint density at radius 3 is 2.04 bits per heavy atom. The predicted octanol–water partition coefficient (Wildman–Crippen LogP) is 2.48. The van der Waals surface area contributed by atoms with E-state index in [0.29, 0.717) is 11.1 Å². The lowest BCUT2D eigenvalue weighted by atomic mass is 9.90. The maximum atomic E-state index is 12.2. The fourth-order valence-electron chi connectivity index (χ4n) is 2.63. The van der Waals surface area contributed by atoms with Crippen molar-refractivity contribution in [3.63, 3.8) is 0 Å². The summed E-state index contributed by atoms with van der Waals surface area (Å²) >= 11 is 0. The van der Waals surface area contributed by atoms with Crippen LogP contribution in [0.1, 0.15) is 17.2 Å². The van der Waals surface area contributed by atoms with E-state index in [4.69, 9.17) is 4.74 Å². The molecule has 2 aromatic carbocycles. The van der Waals surface area contributed by atoms with Crippen LogP contribution in [-0.4, -0.2) is 27.3 Å². The molecule has 0 aliphatic carbocycles. The summed E-state index contributed by atoms with van der Waals surface area (Å²) in [7, 11) is 0. The van der Waals surface area contributed by atoms with Crippen LogP contribution in [0, 0.1) is 5.92 Å². The Labute approximate surface area is 137 Å². The summed E-state index contributed by atoms with van der Waals surface area (Å²) in [6, 6.07) is 11.9. The van der Waals surface area contributed by atoms with Gasteiger partial charge in [-0.3, -0.25) is 4.79 Å². The van der Waals surface area contributed by atoms with Crippen LogP contribution in [-0.2, 0) is 14.3 Å². The van der Waals surface area contributed by atoms with E-state index in [0.717, 1.165) is 0 Å². The van der Waals surface area contributed by atoms with Crippen molar-refractivity contribution in [3.8, 4) is 11.5 Å². The molecule has 6 heteroatoms. The quantitative estimate of drug-likeness (QED) is 0.591. The van der Waals surface area contributed by atoms with E-state index >= 15 is 0 Å². The van der Waals surface area contributed by atoms with Gasteiger partial charge in [-0.2, -0.15) is 0 Å².